The fourth-order valence-electron chi connectivity index (χ4n) is 6.57. The zero-order chi connectivity index (χ0) is 25.0. The van der Waals surface area contributed by atoms with Crippen LogP contribution >= 0.6 is 0 Å². The summed E-state index contributed by atoms with van der Waals surface area (Å²) in [5.41, 5.74) is 10.9. The molecule has 182 valence electrons. The van der Waals surface area contributed by atoms with Gasteiger partial charge in [-0.2, -0.15) is 0 Å². The summed E-state index contributed by atoms with van der Waals surface area (Å²) < 4.78 is 6.48. The summed E-state index contributed by atoms with van der Waals surface area (Å²) in [7, 11) is 0. The molecule has 1 aliphatic carbocycles. The van der Waals surface area contributed by atoms with Crippen LogP contribution in [-0.4, -0.2) is 9.97 Å². The summed E-state index contributed by atoms with van der Waals surface area (Å²) >= 11 is 0. The third-order valence-corrected chi connectivity index (χ3v) is 8.14. The van der Waals surface area contributed by atoms with Crippen LogP contribution in [0.4, 0.5) is 0 Å². The molecule has 0 bridgehead atoms. The van der Waals surface area contributed by atoms with E-state index in [1.54, 1.807) is 0 Å². The first-order valence-electron chi connectivity index (χ1n) is 13.2. The first kappa shape index (κ1) is 23.0. The molecular weight excluding hydrogens is 440 g/mol. The predicted octanol–water partition coefficient (Wildman–Crippen LogP) is 9.17. The molecule has 0 radical (unpaired) electrons. The van der Waals surface area contributed by atoms with Crippen LogP contribution in [0.2, 0.25) is 0 Å². The van der Waals surface area contributed by atoms with E-state index in [1.165, 1.54) is 47.1 Å². The third-order valence-electron chi connectivity index (χ3n) is 8.14. The van der Waals surface area contributed by atoms with Crippen molar-refractivity contribution in [3.05, 3.63) is 83.0 Å². The highest BCUT2D eigenvalue weighted by Gasteiger charge is 2.27. The third kappa shape index (κ3) is 3.91. The van der Waals surface area contributed by atoms with E-state index in [4.69, 9.17) is 14.4 Å². The second-order valence-corrected chi connectivity index (χ2v) is 11.1. The SMILES string of the molecule is Cc1cnc(-c2cccc3c2oc2nc(-c4c(C)cccc4C)ccc23)cc1C1CC(C)CC(C)C1. The van der Waals surface area contributed by atoms with Crippen LogP contribution in [0.1, 0.15) is 61.3 Å². The van der Waals surface area contributed by atoms with Crippen molar-refractivity contribution in [2.24, 2.45) is 11.8 Å². The molecule has 2 aromatic carbocycles. The lowest BCUT2D eigenvalue weighted by molar-refractivity contribution is 0.268. The molecule has 6 rings (SSSR count). The van der Waals surface area contributed by atoms with E-state index >= 15 is 0 Å². The van der Waals surface area contributed by atoms with Gasteiger partial charge in [0.05, 0.1) is 11.4 Å². The van der Waals surface area contributed by atoms with Gasteiger partial charge >= 0.3 is 0 Å². The Morgan fingerprint density at radius 3 is 2.22 bits per heavy atom. The molecule has 1 aliphatic rings. The number of furan rings is 1. The van der Waals surface area contributed by atoms with Crippen LogP contribution in [0.15, 0.2) is 65.2 Å². The van der Waals surface area contributed by atoms with Crippen molar-refractivity contribution >= 4 is 22.1 Å². The van der Waals surface area contributed by atoms with E-state index in [1.807, 2.05) is 6.20 Å². The van der Waals surface area contributed by atoms with Gasteiger partial charge in [0.2, 0.25) is 5.71 Å². The van der Waals surface area contributed by atoms with Gasteiger partial charge in [0.15, 0.2) is 0 Å². The number of hydrogen-bond acceptors (Lipinski definition) is 3. The van der Waals surface area contributed by atoms with Gasteiger partial charge in [0.25, 0.3) is 0 Å². The Kier molecular flexibility index (Phi) is 5.67. The minimum absolute atomic E-state index is 0.599. The molecule has 1 saturated carbocycles. The van der Waals surface area contributed by atoms with Crippen molar-refractivity contribution in [2.45, 2.75) is 59.8 Å². The van der Waals surface area contributed by atoms with E-state index < -0.39 is 0 Å². The van der Waals surface area contributed by atoms with Crippen molar-refractivity contribution in [1.82, 2.24) is 9.97 Å². The molecule has 3 heteroatoms. The van der Waals surface area contributed by atoms with Gasteiger partial charge in [-0.3, -0.25) is 4.98 Å². The minimum Gasteiger partial charge on any atom is -0.437 e. The standard InChI is InChI=1S/C33H34N2O/c1-19-14-20(2)16-24(15-19)28-17-30(34-18-23(28)5)27-11-7-10-25-26-12-13-29(35-33(26)36-32(25)27)31-21(3)8-6-9-22(31)4/h6-13,17-20,24H,14-16H2,1-5H3. The summed E-state index contributed by atoms with van der Waals surface area (Å²) in [5.74, 6) is 2.14. The number of aryl methyl sites for hydroxylation is 3. The Morgan fingerprint density at radius 1 is 0.750 bits per heavy atom. The lowest BCUT2D eigenvalue weighted by Crippen LogP contribution is -2.19. The molecule has 3 heterocycles. The maximum absolute atomic E-state index is 6.48. The smallest absolute Gasteiger partial charge is 0.227 e. The Labute approximate surface area is 213 Å². The van der Waals surface area contributed by atoms with Crippen LogP contribution in [-0.2, 0) is 0 Å². The normalized spacial score (nSPS) is 20.3. The number of aromatic nitrogens is 2. The predicted molar refractivity (Wildman–Crippen MR) is 149 cm³/mol. The number of rotatable bonds is 3. The minimum atomic E-state index is 0.599. The summed E-state index contributed by atoms with van der Waals surface area (Å²) in [5, 5.41) is 2.14. The van der Waals surface area contributed by atoms with Crippen molar-refractivity contribution in [2.75, 3.05) is 0 Å². The van der Waals surface area contributed by atoms with Gasteiger partial charge in [0.1, 0.15) is 5.58 Å². The number of hydrogen-bond donors (Lipinski definition) is 0. The highest BCUT2D eigenvalue weighted by molar-refractivity contribution is 6.08. The number of fused-ring (bicyclic) bond motifs is 3. The Morgan fingerprint density at radius 2 is 1.47 bits per heavy atom. The second kappa shape index (κ2) is 8.89. The number of nitrogens with zero attached hydrogens (tertiary/aromatic N) is 2. The number of benzene rings is 2. The van der Waals surface area contributed by atoms with Gasteiger partial charge in [-0.05, 0) is 104 Å². The Bertz CT molecular complexity index is 1560. The summed E-state index contributed by atoms with van der Waals surface area (Å²) in [6.45, 7) is 11.3. The van der Waals surface area contributed by atoms with Gasteiger partial charge in [0, 0.05) is 28.1 Å². The molecule has 36 heavy (non-hydrogen) atoms. The van der Waals surface area contributed by atoms with Gasteiger partial charge in [-0.1, -0.05) is 44.2 Å². The van der Waals surface area contributed by atoms with E-state index in [0.717, 1.165) is 45.1 Å². The van der Waals surface area contributed by atoms with Crippen LogP contribution < -0.4 is 0 Å². The van der Waals surface area contributed by atoms with Gasteiger partial charge in [-0.15, -0.1) is 0 Å². The monoisotopic (exact) mass is 474 g/mol. The molecule has 3 nitrogen and oxygen atoms in total. The van der Waals surface area contributed by atoms with E-state index in [0.29, 0.717) is 11.6 Å². The molecule has 0 amide bonds. The maximum atomic E-state index is 6.48. The van der Waals surface area contributed by atoms with Crippen LogP contribution in [0, 0.1) is 32.6 Å². The lowest BCUT2D eigenvalue weighted by atomic mass is 9.73. The first-order chi connectivity index (χ1) is 17.4. The fourth-order valence-corrected chi connectivity index (χ4v) is 6.57. The molecule has 0 N–H and O–H groups in total. The van der Waals surface area contributed by atoms with Crippen LogP contribution in [0.5, 0.6) is 0 Å². The van der Waals surface area contributed by atoms with E-state index in [-0.39, 0.29) is 0 Å². The highest BCUT2D eigenvalue weighted by Crippen LogP contribution is 2.42. The Hall–Kier alpha value is -3.46. The lowest BCUT2D eigenvalue weighted by Gasteiger charge is -2.32. The van der Waals surface area contributed by atoms with E-state index in [9.17, 15) is 0 Å². The Balaban J connectivity index is 1.47. The summed E-state index contributed by atoms with van der Waals surface area (Å²) in [4.78, 5) is 9.84. The topological polar surface area (TPSA) is 38.9 Å². The number of para-hydroxylation sites is 1. The zero-order valence-electron chi connectivity index (χ0n) is 21.9. The molecule has 0 saturated heterocycles. The van der Waals surface area contributed by atoms with Crippen molar-refractivity contribution in [3.63, 3.8) is 0 Å². The number of pyridine rings is 2. The first-order valence-corrected chi connectivity index (χ1v) is 13.2. The molecule has 2 unspecified atom stereocenters. The van der Waals surface area contributed by atoms with Gasteiger partial charge < -0.3 is 4.42 Å². The summed E-state index contributed by atoms with van der Waals surface area (Å²) in [6, 6.07) is 19.3. The van der Waals surface area contributed by atoms with Crippen LogP contribution in [0.25, 0.3) is 44.6 Å². The fraction of sp³-hybridized carbons (Fsp3) is 0.333. The molecule has 1 fully saturated rings. The van der Waals surface area contributed by atoms with E-state index in [2.05, 4.69) is 89.2 Å². The average Bonchev–Trinajstić information content (AvgIpc) is 3.22. The molecule has 2 atom stereocenters. The summed E-state index contributed by atoms with van der Waals surface area (Å²) in [6.07, 6.45) is 5.90. The molecule has 5 aromatic rings. The highest BCUT2D eigenvalue weighted by atomic mass is 16.3. The quantitative estimate of drug-likeness (QED) is 0.262. The van der Waals surface area contributed by atoms with Crippen molar-refractivity contribution in [1.29, 1.82) is 0 Å². The maximum Gasteiger partial charge on any atom is 0.227 e. The molecule has 3 aromatic heterocycles. The average molecular weight is 475 g/mol. The van der Waals surface area contributed by atoms with Crippen LogP contribution in [0.3, 0.4) is 0 Å². The molecule has 0 spiro atoms. The van der Waals surface area contributed by atoms with Crippen molar-refractivity contribution in [3.8, 4) is 22.5 Å². The second-order valence-electron chi connectivity index (χ2n) is 11.1. The zero-order valence-corrected chi connectivity index (χ0v) is 21.9. The van der Waals surface area contributed by atoms with Crippen molar-refractivity contribution < 1.29 is 4.42 Å². The molecular formula is C33H34N2O. The molecule has 0 aliphatic heterocycles. The largest absolute Gasteiger partial charge is 0.437 e. The van der Waals surface area contributed by atoms with Gasteiger partial charge in [-0.25, -0.2) is 4.98 Å².